The molecule has 0 radical (unpaired) electrons. The molecule has 1 aromatic heterocycles. The minimum Gasteiger partial charge on any atom is -0.324 e. The number of anilines is 2. The van der Waals surface area contributed by atoms with Crippen LogP contribution in [-0.4, -0.2) is 20.6 Å². The smallest absolute Gasteiger partial charge is 0.282 e. The highest BCUT2D eigenvalue weighted by molar-refractivity contribution is 6.07. The minimum absolute atomic E-state index is 0.0845. The number of benzene rings is 1. The zero-order valence-electron chi connectivity index (χ0n) is 11.5. The van der Waals surface area contributed by atoms with Gasteiger partial charge in [0.1, 0.15) is 5.56 Å². The van der Waals surface area contributed by atoms with Crippen LogP contribution >= 0.6 is 0 Å². The lowest BCUT2D eigenvalue weighted by atomic mass is 10.1. The Hall–Kier alpha value is -2.94. The topological polar surface area (TPSA) is 128 Å². The minimum atomic E-state index is -0.620. The molecule has 1 heterocycles. The van der Waals surface area contributed by atoms with Gasteiger partial charge in [0.25, 0.3) is 11.6 Å². The van der Waals surface area contributed by atoms with Gasteiger partial charge in [-0.2, -0.15) is 5.10 Å². The van der Waals surface area contributed by atoms with Gasteiger partial charge in [-0.25, -0.2) is 0 Å². The Morgan fingerprint density at radius 2 is 2.19 bits per heavy atom. The number of nitrogens with one attached hydrogen (secondary N) is 2. The molecule has 0 saturated heterocycles. The zero-order chi connectivity index (χ0) is 15.6. The van der Waals surface area contributed by atoms with Crippen LogP contribution in [0.25, 0.3) is 0 Å². The summed E-state index contributed by atoms with van der Waals surface area (Å²) in [5.74, 6) is 4.66. The maximum atomic E-state index is 12.2. The first-order valence-corrected chi connectivity index (χ1v) is 5.99. The van der Waals surface area contributed by atoms with Crippen molar-refractivity contribution in [3.8, 4) is 0 Å². The van der Waals surface area contributed by atoms with Crippen molar-refractivity contribution < 1.29 is 9.72 Å². The molecule has 0 atom stereocenters. The Balaban J connectivity index is 2.37. The summed E-state index contributed by atoms with van der Waals surface area (Å²) in [4.78, 5) is 22.6. The van der Waals surface area contributed by atoms with E-state index in [-0.39, 0.29) is 11.3 Å². The molecule has 0 aliphatic heterocycles. The van der Waals surface area contributed by atoms with Gasteiger partial charge in [0.15, 0.2) is 0 Å². The van der Waals surface area contributed by atoms with Crippen molar-refractivity contribution >= 4 is 23.0 Å². The fourth-order valence-corrected chi connectivity index (χ4v) is 1.88. The summed E-state index contributed by atoms with van der Waals surface area (Å²) in [7, 11) is 1.71. The molecule has 1 aromatic carbocycles. The Morgan fingerprint density at radius 1 is 1.48 bits per heavy atom. The number of rotatable bonds is 4. The molecule has 0 aliphatic rings. The molecule has 0 fully saturated rings. The number of aryl methyl sites for hydroxylation is 2. The van der Waals surface area contributed by atoms with Gasteiger partial charge >= 0.3 is 0 Å². The number of hydrazine groups is 1. The van der Waals surface area contributed by atoms with Gasteiger partial charge in [-0.3, -0.25) is 25.4 Å². The van der Waals surface area contributed by atoms with Crippen molar-refractivity contribution in [3.63, 3.8) is 0 Å². The highest BCUT2D eigenvalue weighted by atomic mass is 16.6. The molecule has 2 aromatic rings. The van der Waals surface area contributed by atoms with E-state index in [2.05, 4.69) is 15.8 Å². The van der Waals surface area contributed by atoms with E-state index in [1.54, 1.807) is 20.2 Å². The summed E-state index contributed by atoms with van der Waals surface area (Å²) in [6.45, 7) is 1.72. The summed E-state index contributed by atoms with van der Waals surface area (Å²) in [5, 5.41) is 17.7. The zero-order valence-corrected chi connectivity index (χ0v) is 11.5. The Labute approximate surface area is 119 Å². The normalized spacial score (nSPS) is 10.2. The molecule has 2 rings (SSSR count). The standard InChI is InChI=1S/C12H14N6O3/c1-7-10(6-17(2)16-7)14-12(19)9-5-8(15-13)3-4-11(9)18(20)21/h3-6,15H,13H2,1-2H3,(H,14,19). The lowest BCUT2D eigenvalue weighted by Crippen LogP contribution is -2.15. The number of nitrogens with zero attached hydrogens (tertiary/aromatic N) is 3. The lowest BCUT2D eigenvalue weighted by molar-refractivity contribution is -0.385. The maximum absolute atomic E-state index is 12.2. The summed E-state index contributed by atoms with van der Waals surface area (Å²) >= 11 is 0. The molecular weight excluding hydrogens is 276 g/mol. The van der Waals surface area contributed by atoms with Crippen molar-refractivity contribution in [1.29, 1.82) is 0 Å². The first-order chi connectivity index (χ1) is 9.92. The monoisotopic (exact) mass is 290 g/mol. The van der Waals surface area contributed by atoms with Crippen LogP contribution in [0.4, 0.5) is 17.1 Å². The van der Waals surface area contributed by atoms with Crippen molar-refractivity contribution in [2.75, 3.05) is 10.7 Å². The molecule has 1 amide bonds. The molecule has 0 saturated carbocycles. The Bertz CT molecular complexity index is 709. The van der Waals surface area contributed by atoms with E-state index in [0.29, 0.717) is 17.1 Å². The molecular formula is C12H14N6O3. The number of nitrogen functional groups attached to an aromatic ring is 1. The van der Waals surface area contributed by atoms with Crippen LogP contribution < -0.4 is 16.6 Å². The van der Waals surface area contributed by atoms with Crippen molar-refractivity contribution in [2.45, 2.75) is 6.92 Å². The number of hydrogen-bond acceptors (Lipinski definition) is 6. The van der Waals surface area contributed by atoms with E-state index in [1.165, 1.54) is 22.9 Å². The fraction of sp³-hybridized carbons (Fsp3) is 0.167. The predicted molar refractivity (Wildman–Crippen MR) is 76.8 cm³/mol. The number of hydrogen-bond donors (Lipinski definition) is 3. The van der Waals surface area contributed by atoms with Crippen LogP contribution in [0.1, 0.15) is 16.1 Å². The van der Waals surface area contributed by atoms with E-state index >= 15 is 0 Å². The Kier molecular flexibility index (Phi) is 3.85. The summed E-state index contributed by atoms with van der Waals surface area (Å²) < 4.78 is 1.54. The number of nitrogens with two attached hydrogens (primary N) is 1. The summed E-state index contributed by atoms with van der Waals surface area (Å²) in [6.07, 6.45) is 1.62. The van der Waals surface area contributed by atoms with Gasteiger partial charge < -0.3 is 10.7 Å². The number of aromatic nitrogens is 2. The predicted octanol–water partition coefficient (Wildman–Crippen LogP) is 1.17. The quantitative estimate of drug-likeness (QED) is 0.440. The highest BCUT2D eigenvalue weighted by Crippen LogP contribution is 2.24. The van der Waals surface area contributed by atoms with Gasteiger partial charge in [0.2, 0.25) is 0 Å². The average molecular weight is 290 g/mol. The molecule has 0 bridgehead atoms. The van der Waals surface area contributed by atoms with E-state index in [1.807, 2.05) is 0 Å². The van der Waals surface area contributed by atoms with Crippen molar-refractivity contribution in [2.24, 2.45) is 12.9 Å². The second kappa shape index (κ2) is 5.59. The third-order valence-corrected chi connectivity index (χ3v) is 2.87. The van der Waals surface area contributed by atoms with Gasteiger partial charge in [0.05, 0.1) is 16.3 Å². The van der Waals surface area contributed by atoms with Crippen LogP contribution in [0.15, 0.2) is 24.4 Å². The molecule has 110 valence electrons. The number of amides is 1. The van der Waals surface area contributed by atoms with E-state index in [0.717, 1.165) is 0 Å². The summed E-state index contributed by atoms with van der Waals surface area (Å²) in [6, 6.07) is 3.96. The number of nitro benzene ring substituents is 1. The van der Waals surface area contributed by atoms with Crippen LogP contribution in [0.5, 0.6) is 0 Å². The maximum Gasteiger partial charge on any atom is 0.282 e. The van der Waals surface area contributed by atoms with Gasteiger partial charge in [-0.15, -0.1) is 0 Å². The van der Waals surface area contributed by atoms with Crippen LogP contribution in [-0.2, 0) is 7.05 Å². The van der Waals surface area contributed by atoms with Gasteiger partial charge in [-0.05, 0) is 19.1 Å². The second-order valence-corrected chi connectivity index (χ2v) is 4.39. The molecule has 0 spiro atoms. The third-order valence-electron chi connectivity index (χ3n) is 2.87. The molecule has 21 heavy (non-hydrogen) atoms. The molecule has 0 unspecified atom stereocenters. The number of carbonyl (C=O) groups excluding carboxylic acids is 1. The fourth-order valence-electron chi connectivity index (χ4n) is 1.88. The molecule has 9 nitrogen and oxygen atoms in total. The summed E-state index contributed by atoms with van der Waals surface area (Å²) in [5.41, 5.74) is 3.46. The SMILES string of the molecule is Cc1nn(C)cc1NC(=O)c1cc(NN)ccc1[N+](=O)[O-]. The largest absolute Gasteiger partial charge is 0.324 e. The van der Waals surface area contributed by atoms with Crippen molar-refractivity contribution in [1.82, 2.24) is 9.78 Å². The van der Waals surface area contributed by atoms with Crippen LogP contribution in [0.3, 0.4) is 0 Å². The van der Waals surface area contributed by atoms with E-state index in [4.69, 9.17) is 5.84 Å². The number of carbonyl (C=O) groups is 1. The lowest BCUT2D eigenvalue weighted by Gasteiger charge is -2.07. The van der Waals surface area contributed by atoms with E-state index in [9.17, 15) is 14.9 Å². The first kappa shape index (κ1) is 14.5. The van der Waals surface area contributed by atoms with Gasteiger partial charge in [0, 0.05) is 25.0 Å². The molecule has 9 heteroatoms. The van der Waals surface area contributed by atoms with Gasteiger partial charge in [-0.1, -0.05) is 0 Å². The van der Waals surface area contributed by atoms with Crippen LogP contribution in [0.2, 0.25) is 0 Å². The molecule has 4 N–H and O–H groups in total. The number of nitro groups is 1. The van der Waals surface area contributed by atoms with Crippen molar-refractivity contribution in [3.05, 3.63) is 45.8 Å². The Morgan fingerprint density at radius 3 is 2.71 bits per heavy atom. The first-order valence-electron chi connectivity index (χ1n) is 5.99. The second-order valence-electron chi connectivity index (χ2n) is 4.39. The third kappa shape index (κ3) is 2.98. The van der Waals surface area contributed by atoms with Crippen LogP contribution in [0, 0.1) is 17.0 Å². The average Bonchev–Trinajstić information content (AvgIpc) is 2.75. The molecule has 0 aliphatic carbocycles. The van der Waals surface area contributed by atoms with E-state index < -0.39 is 10.8 Å². The highest BCUT2D eigenvalue weighted by Gasteiger charge is 2.21.